The average Bonchev–Trinajstić information content (AvgIpc) is 3.36. The van der Waals surface area contributed by atoms with E-state index < -0.39 is 0 Å². The molecular weight excluding hydrogens is 344 g/mol. The topological polar surface area (TPSA) is 64.8 Å². The van der Waals surface area contributed by atoms with Crippen LogP contribution >= 0.6 is 11.6 Å². The Kier molecular flexibility index (Phi) is 4.29. The third-order valence-electron chi connectivity index (χ3n) is 4.94. The molecule has 4 rings (SSSR count). The minimum atomic E-state index is -0.0497. The highest BCUT2D eigenvalue weighted by atomic mass is 35.5. The maximum atomic E-state index is 12.6. The number of carbonyl (C=O) groups excluding carboxylic acids is 1. The molecule has 2 heterocycles. The molecular formula is C18H19ClN2O4. The zero-order valence-electron chi connectivity index (χ0n) is 13.9. The summed E-state index contributed by atoms with van der Waals surface area (Å²) in [6.45, 7) is 0.995. The van der Waals surface area contributed by atoms with Crippen LogP contribution in [0.1, 0.15) is 35.5 Å². The summed E-state index contributed by atoms with van der Waals surface area (Å²) in [7, 11) is 1.55. The normalized spacial score (nSPS) is 21.6. The van der Waals surface area contributed by atoms with Gasteiger partial charge in [-0.3, -0.25) is 4.79 Å². The Labute approximate surface area is 150 Å². The van der Waals surface area contributed by atoms with E-state index in [1.54, 1.807) is 31.4 Å². The van der Waals surface area contributed by atoms with Crippen LogP contribution in [0.25, 0.3) is 0 Å². The molecule has 1 saturated heterocycles. The first kappa shape index (κ1) is 16.3. The molecule has 1 aromatic heterocycles. The average molecular weight is 363 g/mol. The first-order chi connectivity index (χ1) is 12.1. The van der Waals surface area contributed by atoms with Gasteiger partial charge in [0.1, 0.15) is 6.61 Å². The van der Waals surface area contributed by atoms with Gasteiger partial charge < -0.3 is 18.9 Å². The number of aromatic nitrogens is 1. The van der Waals surface area contributed by atoms with Crippen molar-refractivity contribution in [3.8, 4) is 11.5 Å². The zero-order valence-corrected chi connectivity index (χ0v) is 14.7. The quantitative estimate of drug-likeness (QED) is 0.814. The van der Waals surface area contributed by atoms with Crippen molar-refractivity contribution >= 4 is 17.5 Å². The molecule has 0 unspecified atom stereocenters. The van der Waals surface area contributed by atoms with E-state index in [2.05, 4.69) is 5.16 Å². The fraction of sp³-hybridized carbons (Fsp3) is 0.444. The summed E-state index contributed by atoms with van der Waals surface area (Å²) in [5.74, 6) is 2.18. The summed E-state index contributed by atoms with van der Waals surface area (Å²) < 4.78 is 16.2. The van der Waals surface area contributed by atoms with Crippen LogP contribution in [-0.2, 0) is 6.61 Å². The number of ether oxygens (including phenoxy) is 2. The second-order valence-corrected chi connectivity index (χ2v) is 6.99. The lowest BCUT2D eigenvalue weighted by Gasteiger charge is -2.25. The number of likely N-dealkylation sites (tertiary alicyclic amines) is 1. The zero-order chi connectivity index (χ0) is 17.4. The van der Waals surface area contributed by atoms with E-state index in [4.69, 9.17) is 25.6 Å². The number of hydrogen-bond donors (Lipinski definition) is 0. The van der Waals surface area contributed by atoms with Gasteiger partial charge in [-0.15, -0.1) is 0 Å². The second-order valence-electron chi connectivity index (χ2n) is 6.55. The number of nitrogens with zero attached hydrogens (tertiary/aromatic N) is 2. The summed E-state index contributed by atoms with van der Waals surface area (Å²) >= 11 is 5.93. The van der Waals surface area contributed by atoms with Gasteiger partial charge in [0.15, 0.2) is 23.0 Å². The monoisotopic (exact) mass is 362 g/mol. The minimum Gasteiger partial charge on any atom is -0.493 e. The molecule has 7 heteroatoms. The number of fused-ring (bicyclic) bond motifs is 2. The van der Waals surface area contributed by atoms with E-state index in [0.29, 0.717) is 39.9 Å². The molecule has 2 aromatic rings. The van der Waals surface area contributed by atoms with Gasteiger partial charge in [0, 0.05) is 29.7 Å². The van der Waals surface area contributed by atoms with Crippen LogP contribution in [0.2, 0.25) is 5.02 Å². The van der Waals surface area contributed by atoms with Gasteiger partial charge >= 0.3 is 0 Å². The van der Waals surface area contributed by atoms with Crippen LogP contribution < -0.4 is 9.47 Å². The van der Waals surface area contributed by atoms with E-state index >= 15 is 0 Å². The molecule has 2 fully saturated rings. The van der Waals surface area contributed by atoms with Gasteiger partial charge in [-0.2, -0.15) is 0 Å². The molecule has 1 amide bonds. The first-order valence-corrected chi connectivity index (χ1v) is 8.74. The smallest absolute Gasteiger partial charge is 0.276 e. The Morgan fingerprint density at radius 2 is 2.24 bits per heavy atom. The van der Waals surface area contributed by atoms with E-state index in [0.717, 1.165) is 19.4 Å². The molecule has 1 aliphatic heterocycles. The van der Waals surface area contributed by atoms with Gasteiger partial charge in [0.05, 0.1) is 7.11 Å². The lowest BCUT2D eigenvalue weighted by molar-refractivity contribution is 0.0693. The molecule has 0 N–H and O–H groups in total. The maximum absolute atomic E-state index is 12.6. The molecule has 25 heavy (non-hydrogen) atoms. The van der Waals surface area contributed by atoms with Crippen LogP contribution in [0, 0.1) is 5.92 Å². The molecule has 2 aliphatic rings. The van der Waals surface area contributed by atoms with Gasteiger partial charge in [-0.05, 0) is 37.3 Å². The molecule has 0 spiro atoms. The number of halogens is 1. The highest BCUT2D eigenvalue weighted by Gasteiger charge is 2.41. The number of benzene rings is 1. The van der Waals surface area contributed by atoms with E-state index in [1.807, 2.05) is 4.90 Å². The molecule has 0 radical (unpaired) electrons. The van der Waals surface area contributed by atoms with Crippen LogP contribution in [0.5, 0.6) is 11.5 Å². The van der Waals surface area contributed by atoms with Crippen LogP contribution in [-0.4, -0.2) is 35.7 Å². The predicted octanol–water partition coefficient (Wildman–Crippen LogP) is 3.54. The third kappa shape index (κ3) is 3.18. The largest absolute Gasteiger partial charge is 0.493 e. The fourth-order valence-corrected chi connectivity index (χ4v) is 3.87. The number of hydrogen-bond acceptors (Lipinski definition) is 5. The molecule has 1 aliphatic carbocycles. The molecule has 1 saturated carbocycles. The Morgan fingerprint density at radius 3 is 2.96 bits per heavy atom. The van der Waals surface area contributed by atoms with Gasteiger partial charge in [-0.25, -0.2) is 0 Å². The molecule has 2 bridgehead atoms. The van der Waals surface area contributed by atoms with Crippen molar-refractivity contribution in [3.05, 3.63) is 40.7 Å². The summed E-state index contributed by atoms with van der Waals surface area (Å²) in [6.07, 6.45) is 3.45. The lowest BCUT2D eigenvalue weighted by atomic mass is 10.1. The highest BCUT2D eigenvalue weighted by Crippen LogP contribution is 2.38. The highest BCUT2D eigenvalue weighted by molar-refractivity contribution is 6.30. The third-order valence-corrected chi connectivity index (χ3v) is 5.18. The number of rotatable bonds is 5. The van der Waals surface area contributed by atoms with Gasteiger partial charge in [0.25, 0.3) is 5.91 Å². The Hall–Kier alpha value is -2.21. The van der Waals surface area contributed by atoms with Crippen molar-refractivity contribution in [1.82, 2.24) is 10.1 Å². The molecule has 132 valence electrons. The number of amides is 1. The maximum Gasteiger partial charge on any atom is 0.276 e. The standard InChI is InChI=1S/C18H19ClN2O4/c1-23-17-7-12(19)3-5-16(17)24-10-14-8-15(20-25-14)18(22)21-9-11-2-4-13(21)6-11/h3,5,7-8,11,13H,2,4,6,9-10H2,1H3/t11-,13+/m1/s1. The number of methoxy groups -OCH3 is 1. The van der Waals surface area contributed by atoms with Crippen molar-refractivity contribution in [2.75, 3.05) is 13.7 Å². The summed E-state index contributed by atoms with van der Waals surface area (Å²) in [4.78, 5) is 14.5. The summed E-state index contributed by atoms with van der Waals surface area (Å²) in [6, 6.07) is 7.14. The number of carbonyl (C=O) groups is 1. The Morgan fingerprint density at radius 1 is 1.36 bits per heavy atom. The van der Waals surface area contributed by atoms with Crippen LogP contribution in [0.3, 0.4) is 0 Å². The fourth-order valence-electron chi connectivity index (χ4n) is 3.71. The van der Waals surface area contributed by atoms with Crippen molar-refractivity contribution < 1.29 is 18.8 Å². The van der Waals surface area contributed by atoms with E-state index in [1.165, 1.54) is 6.42 Å². The van der Waals surface area contributed by atoms with E-state index in [9.17, 15) is 4.79 Å². The van der Waals surface area contributed by atoms with E-state index in [-0.39, 0.29) is 12.5 Å². The first-order valence-electron chi connectivity index (χ1n) is 8.37. The SMILES string of the molecule is COc1cc(Cl)ccc1OCc1cc(C(=O)N2C[C@@H]3CC[C@H]2C3)no1. The van der Waals surface area contributed by atoms with Gasteiger partial charge in [0.2, 0.25) is 0 Å². The Bertz CT molecular complexity index is 791. The molecule has 1 aromatic carbocycles. The van der Waals surface area contributed by atoms with Crippen molar-refractivity contribution in [1.29, 1.82) is 0 Å². The lowest BCUT2D eigenvalue weighted by Crippen LogP contribution is -2.37. The predicted molar refractivity (Wildman–Crippen MR) is 91.0 cm³/mol. The van der Waals surface area contributed by atoms with Crippen molar-refractivity contribution in [3.63, 3.8) is 0 Å². The molecule has 6 nitrogen and oxygen atoms in total. The molecule has 2 atom stereocenters. The van der Waals surface area contributed by atoms with Crippen molar-refractivity contribution in [2.45, 2.75) is 31.9 Å². The summed E-state index contributed by atoms with van der Waals surface area (Å²) in [5.41, 5.74) is 0.342. The van der Waals surface area contributed by atoms with Crippen molar-refractivity contribution in [2.24, 2.45) is 5.92 Å². The van der Waals surface area contributed by atoms with Crippen LogP contribution in [0.15, 0.2) is 28.8 Å². The second kappa shape index (κ2) is 6.59. The Balaban J connectivity index is 1.41. The summed E-state index contributed by atoms with van der Waals surface area (Å²) in [5, 5.41) is 4.48. The minimum absolute atomic E-state index is 0.0497. The van der Waals surface area contributed by atoms with Crippen LogP contribution in [0.4, 0.5) is 0 Å². The van der Waals surface area contributed by atoms with Gasteiger partial charge in [-0.1, -0.05) is 16.8 Å². The number of piperidine rings is 1.